The number of nitrogens with one attached hydrogen (secondary N) is 2. The molecule has 0 aliphatic heterocycles. The number of guanidine groups is 1. The summed E-state index contributed by atoms with van der Waals surface area (Å²) < 4.78 is 0. The van der Waals surface area contributed by atoms with Gasteiger partial charge in [-0.15, -0.1) is 0 Å². The number of hydrogen-bond donors (Lipinski definition) is 4. The first-order valence-electron chi connectivity index (χ1n) is 6.60. The zero-order valence-electron chi connectivity index (χ0n) is 12.5. The first-order valence-corrected chi connectivity index (χ1v) is 6.60. The van der Waals surface area contributed by atoms with E-state index in [0.717, 1.165) is 5.96 Å². The van der Waals surface area contributed by atoms with Gasteiger partial charge in [0.2, 0.25) is 0 Å². The number of para-hydroxylation sites is 1. The lowest BCUT2D eigenvalue weighted by Gasteiger charge is -2.20. The predicted octanol–water partition coefficient (Wildman–Crippen LogP) is 1.06. The molecule has 0 aromatic heterocycles. The van der Waals surface area contributed by atoms with Crippen molar-refractivity contribution in [1.82, 2.24) is 15.5 Å². The highest BCUT2D eigenvalue weighted by molar-refractivity contribution is 5.79. The van der Waals surface area contributed by atoms with Crippen molar-refractivity contribution in [2.75, 3.05) is 20.8 Å². The third-order valence-electron chi connectivity index (χ3n) is 2.60. The van der Waals surface area contributed by atoms with Crippen LogP contribution in [0.25, 0.3) is 0 Å². The summed E-state index contributed by atoms with van der Waals surface area (Å²) in [5.74, 6) is 0.605. The molecule has 1 aromatic carbocycles. The molecule has 6 heteroatoms. The third-order valence-corrected chi connectivity index (χ3v) is 2.60. The Labute approximate surface area is 120 Å². The summed E-state index contributed by atoms with van der Waals surface area (Å²) in [5, 5.41) is 25.4. The minimum atomic E-state index is -0.108. The molecule has 1 aromatic rings. The Bertz CT molecular complexity index is 458. The molecule has 0 heterocycles. The Kier molecular flexibility index (Phi) is 6.11. The minimum absolute atomic E-state index is 0.0860. The van der Waals surface area contributed by atoms with Crippen LogP contribution in [0, 0.1) is 0 Å². The van der Waals surface area contributed by atoms with E-state index >= 15 is 0 Å². The standard InChI is InChI=1S/C14H24N4O2/c1-10(2)17-14(18(3)4)16-9-15-8-11-6-5-7-12(19)13(11)20/h5-7,10,15,19-20H,8-9H2,1-4H3,(H,16,17). The van der Waals surface area contributed by atoms with Crippen LogP contribution < -0.4 is 10.6 Å². The second-order valence-corrected chi connectivity index (χ2v) is 5.04. The highest BCUT2D eigenvalue weighted by atomic mass is 16.3. The molecule has 0 aliphatic carbocycles. The van der Waals surface area contributed by atoms with Gasteiger partial charge in [0.25, 0.3) is 0 Å². The van der Waals surface area contributed by atoms with Crippen molar-refractivity contribution in [3.05, 3.63) is 23.8 Å². The SMILES string of the molecule is CC(C)NC(=NCNCc1cccc(O)c1O)N(C)C. The smallest absolute Gasteiger partial charge is 0.194 e. The number of aliphatic imine (C=N–C) groups is 1. The van der Waals surface area contributed by atoms with E-state index in [1.807, 2.05) is 19.0 Å². The van der Waals surface area contributed by atoms with E-state index in [9.17, 15) is 10.2 Å². The van der Waals surface area contributed by atoms with E-state index < -0.39 is 0 Å². The van der Waals surface area contributed by atoms with Gasteiger partial charge in [-0.05, 0) is 19.9 Å². The summed E-state index contributed by atoms with van der Waals surface area (Å²) in [5.41, 5.74) is 0.642. The van der Waals surface area contributed by atoms with Crippen molar-refractivity contribution in [1.29, 1.82) is 0 Å². The molecule has 0 bridgehead atoms. The van der Waals surface area contributed by atoms with Gasteiger partial charge in [-0.1, -0.05) is 12.1 Å². The monoisotopic (exact) mass is 280 g/mol. The van der Waals surface area contributed by atoms with E-state index in [1.165, 1.54) is 6.07 Å². The van der Waals surface area contributed by atoms with Crippen LogP contribution in [0.5, 0.6) is 11.5 Å². The molecule has 0 amide bonds. The van der Waals surface area contributed by atoms with E-state index in [4.69, 9.17) is 0 Å². The Morgan fingerprint density at radius 1 is 1.30 bits per heavy atom. The van der Waals surface area contributed by atoms with Gasteiger partial charge < -0.3 is 20.4 Å². The van der Waals surface area contributed by atoms with Crippen molar-refractivity contribution >= 4 is 5.96 Å². The Morgan fingerprint density at radius 3 is 2.60 bits per heavy atom. The van der Waals surface area contributed by atoms with Gasteiger partial charge in [-0.3, -0.25) is 5.32 Å². The third kappa shape index (κ3) is 4.97. The van der Waals surface area contributed by atoms with Gasteiger partial charge >= 0.3 is 0 Å². The predicted molar refractivity (Wildman–Crippen MR) is 80.9 cm³/mol. The maximum atomic E-state index is 9.67. The molecule has 0 saturated carbocycles. The van der Waals surface area contributed by atoms with Gasteiger partial charge in [0.15, 0.2) is 17.5 Å². The second-order valence-electron chi connectivity index (χ2n) is 5.04. The van der Waals surface area contributed by atoms with Crippen LogP contribution in [-0.2, 0) is 6.54 Å². The van der Waals surface area contributed by atoms with Crippen LogP contribution in [-0.4, -0.2) is 47.9 Å². The van der Waals surface area contributed by atoms with Crippen molar-refractivity contribution in [3.63, 3.8) is 0 Å². The first kappa shape index (κ1) is 16.1. The lowest BCUT2D eigenvalue weighted by Crippen LogP contribution is -2.41. The van der Waals surface area contributed by atoms with E-state index in [1.54, 1.807) is 12.1 Å². The highest BCUT2D eigenvalue weighted by Gasteiger charge is 2.05. The number of aromatic hydroxyl groups is 2. The number of rotatable bonds is 5. The number of hydrogen-bond acceptors (Lipinski definition) is 4. The van der Waals surface area contributed by atoms with Crippen LogP contribution in [0.2, 0.25) is 0 Å². The average molecular weight is 280 g/mol. The summed E-state index contributed by atoms with van der Waals surface area (Å²) in [6.07, 6.45) is 0. The highest BCUT2D eigenvalue weighted by Crippen LogP contribution is 2.27. The molecular formula is C14H24N4O2. The van der Waals surface area contributed by atoms with Crippen molar-refractivity contribution in [2.24, 2.45) is 4.99 Å². The fourth-order valence-electron chi connectivity index (χ4n) is 1.62. The normalized spacial score (nSPS) is 11.8. The summed E-state index contributed by atoms with van der Waals surface area (Å²) in [6.45, 7) is 4.96. The Hall–Kier alpha value is -1.95. The van der Waals surface area contributed by atoms with Crippen LogP contribution in [0.4, 0.5) is 0 Å². The number of benzene rings is 1. The number of nitrogens with zero attached hydrogens (tertiary/aromatic N) is 2. The first-order chi connectivity index (χ1) is 9.41. The van der Waals surface area contributed by atoms with Crippen LogP contribution in [0.3, 0.4) is 0 Å². The summed E-state index contributed by atoms with van der Waals surface area (Å²) >= 11 is 0. The van der Waals surface area contributed by atoms with Crippen molar-refractivity contribution < 1.29 is 10.2 Å². The van der Waals surface area contributed by atoms with Gasteiger partial charge in [0.05, 0.1) is 6.67 Å². The zero-order valence-corrected chi connectivity index (χ0v) is 12.5. The van der Waals surface area contributed by atoms with Gasteiger partial charge in [-0.25, -0.2) is 4.99 Å². The summed E-state index contributed by atoms with van der Waals surface area (Å²) in [6, 6.07) is 5.21. The summed E-state index contributed by atoms with van der Waals surface area (Å²) in [4.78, 5) is 6.32. The molecule has 0 radical (unpaired) electrons. The zero-order chi connectivity index (χ0) is 15.1. The maximum Gasteiger partial charge on any atom is 0.194 e. The molecular weight excluding hydrogens is 256 g/mol. The molecule has 0 saturated heterocycles. The van der Waals surface area contributed by atoms with E-state index in [0.29, 0.717) is 24.8 Å². The molecule has 6 nitrogen and oxygen atoms in total. The molecule has 112 valence electrons. The fourth-order valence-corrected chi connectivity index (χ4v) is 1.62. The lowest BCUT2D eigenvalue weighted by molar-refractivity contribution is 0.398. The van der Waals surface area contributed by atoms with Crippen LogP contribution >= 0.6 is 0 Å². The average Bonchev–Trinajstić information content (AvgIpc) is 2.37. The topological polar surface area (TPSA) is 80.1 Å². The second kappa shape index (κ2) is 7.59. The van der Waals surface area contributed by atoms with Crippen molar-refractivity contribution in [3.8, 4) is 11.5 Å². The molecule has 0 aliphatic rings. The maximum absolute atomic E-state index is 9.67. The van der Waals surface area contributed by atoms with Gasteiger partial charge in [0, 0.05) is 32.2 Å². The van der Waals surface area contributed by atoms with Gasteiger partial charge in [-0.2, -0.15) is 0 Å². The molecule has 0 fully saturated rings. The molecule has 1 rings (SSSR count). The molecule has 4 N–H and O–H groups in total. The van der Waals surface area contributed by atoms with E-state index in [-0.39, 0.29) is 11.5 Å². The fraction of sp³-hybridized carbons (Fsp3) is 0.500. The Balaban J connectivity index is 2.52. The quantitative estimate of drug-likeness (QED) is 0.281. The number of phenols is 2. The molecule has 0 atom stereocenters. The minimum Gasteiger partial charge on any atom is -0.504 e. The van der Waals surface area contributed by atoms with Crippen LogP contribution in [0.15, 0.2) is 23.2 Å². The Morgan fingerprint density at radius 2 is 2.00 bits per heavy atom. The molecule has 0 unspecified atom stereocenters. The van der Waals surface area contributed by atoms with E-state index in [2.05, 4.69) is 29.5 Å². The summed E-state index contributed by atoms with van der Waals surface area (Å²) in [7, 11) is 3.85. The lowest BCUT2D eigenvalue weighted by atomic mass is 10.2. The van der Waals surface area contributed by atoms with Crippen LogP contribution in [0.1, 0.15) is 19.4 Å². The number of phenolic OH excluding ortho intramolecular Hbond substituents is 2. The largest absolute Gasteiger partial charge is 0.504 e. The molecule has 0 spiro atoms. The van der Waals surface area contributed by atoms with Gasteiger partial charge in [0.1, 0.15) is 0 Å². The molecule has 20 heavy (non-hydrogen) atoms. The van der Waals surface area contributed by atoms with Crippen molar-refractivity contribution in [2.45, 2.75) is 26.4 Å².